The molecule has 1 aromatic heterocycles. The molecule has 0 unspecified atom stereocenters. The molecule has 22 heavy (non-hydrogen) atoms. The number of nitrogens with one attached hydrogen (secondary N) is 1. The molecule has 0 spiro atoms. The van der Waals surface area contributed by atoms with Crippen molar-refractivity contribution in [1.29, 1.82) is 0 Å². The average Bonchev–Trinajstić information content (AvgIpc) is 2.42. The first-order chi connectivity index (χ1) is 10.4. The zero-order valence-electron chi connectivity index (χ0n) is 11.7. The van der Waals surface area contributed by atoms with E-state index in [1.54, 1.807) is 32.0 Å². The van der Waals surface area contributed by atoms with Crippen LogP contribution >= 0.6 is 23.2 Å². The van der Waals surface area contributed by atoms with E-state index in [0.717, 1.165) is 0 Å². The van der Waals surface area contributed by atoms with Crippen LogP contribution in [0.15, 0.2) is 24.5 Å². The number of halogens is 2. The molecule has 0 aliphatic rings. The van der Waals surface area contributed by atoms with Gasteiger partial charge in [-0.3, -0.25) is 10.1 Å². The summed E-state index contributed by atoms with van der Waals surface area (Å²) in [7, 11) is 0. The molecular weight excluding hydrogens is 331 g/mol. The highest BCUT2D eigenvalue weighted by Gasteiger charge is 2.25. The maximum atomic E-state index is 11.3. The summed E-state index contributed by atoms with van der Waals surface area (Å²) in [5, 5.41) is 14.8. The molecule has 7 nitrogen and oxygen atoms in total. The van der Waals surface area contributed by atoms with E-state index in [4.69, 9.17) is 27.9 Å². The lowest BCUT2D eigenvalue weighted by Crippen LogP contribution is -2.10. The minimum atomic E-state index is -0.600. The number of hydrogen-bond acceptors (Lipinski definition) is 6. The number of nitro groups is 1. The van der Waals surface area contributed by atoms with Crippen molar-refractivity contribution in [3.8, 4) is 5.88 Å². The zero-order chi connectivity index (χ0) is 16.3. The molecule has 0 bridgehead atoms. The molecule has 0 fully saturated rings. The summed E-state index contributed by atoms with van der Waals surface area (Å²) < 4.78 is 5.35. The highest BCUT2D eigenvalue weighted by atomic mass is 35.5. The van der Waals surface area contributed by atoms with Crippen molar-refractivity contribution in [1.82, 2.24) is 9.97 Å². The van der Waals surface area contributed by atoms with Gasteiger partial charge in [0.2, 0.25) is 5.82 Å². The lowest BCUT2D eigenvalue weighted by atomic mass is 10.3. The molecule has 0 aliphatic carbocycles. The van der Waals surface area contributed by atoms with Crippen molar-refractivity contribution in [2.45, 2.75) is 20.0 Å². The van der Waals surface area contributed by atoms with E-state index in [2.05, 4.69) is 15.3 Å². The lowest BCUT2D eigenvalue weighted by molar-refractivity contribution is -0.385. The molecule has 1 N–H and O–H groups in total. The molecule has 2 aromatic rings. The third-order valence-electron chi connectivity index (χ3n) is 2.50. The molecule has 2 rings (SSSR count). The molecule has 0 aliphatic heterocycles. The van der Waals surface area contributed by atoms with Crippen LogP contribution in [0.4, 0.5) is 17.2 Å². The van der Waals surface area contributed by atoms with Crippen molar-refractivity contribution >= 4 is 40.4 Å². The van der Waals surface area contributed by atoms with E-state index in [9.17, 15) is 10.1 Å². The third kappa shape index (κ3) is 3.75. The number of rotatable bonds is 5. The second kappa shape index (κ2) is 6.76. The second-order valence-electron chi connectivity index (χ2n) is 4.55. The van der Waals surface area contributed by atoms with Gasteiger partial charge in [0.25, 0.3) is 5.88 Å². The number of benzene rings is 1. The Labute approximate surface area is 136 Å². The summed E-state index contributed by atoms with van der Waals surface area (Å²) in [6, 6.07) is 4.74. The second-order valence-corrected chi connectivity index (χ2v) is 5.37. The van der Waals surface area contributed by atoms with Crippen molar-refractivity contribution in [3.63, 3.8) is 0 Å². The summed E-state index contributed by atoms with van der Waals surface area (Å²) in [4.78, 5) is 18.4. The quantitative estimate of drug-likeness (QED) is 0.646. The molecule has 116 valence electrons. The highest BCUT2D eigenvalue weighted by Crippen LogP contribution is 2.34. The van der Waals surface area contributed by atoms with E-state index < -0.39 is 4.92 Å². The summed E-state index contributed by atoms with van der Waals surface area (Å²) in [6.45, 7) is 3.50. The van der Waals surface area contributed by atoms with Gasteiger partial charge in [-0.25, -0.2) is 4.98 Å². The molecule has 0 atom stereocenters. The normalized spacial score (nSPS) is 10.6. The zero-order valence-corrected chi connectivity index (χ0v) is 13.2. The SMILES string of the molecule is CC(C)Oc1ncnc(Nc2ccc(Cl)c(Cl)c2)c1[N+](=O)[O-]. The lowest BCUT2D eigenvalue weighted by Gasteiger charge is -2.11. The average molecular weight is 343 g/mol. The smallest absolute Gasteiger partial charge is 0.373 e. The fourth-order valence-electron chi connectivity index (χ4n) is 1.64. The van der Waals surface area contributed by atoms with E-state index in [1.165, 1.54) is 6.33 Å². The Bertz CT molecular complexity index is 710. The van der Waals surface area contributed by atoms with Crippen molar-refractivity contribution < 1.29 is 9.66 Å². The Morgan fingerprint density at radius 1 is 1.27 bits per heavy atom. The summed E-state index contributed by atoms with van der Waals surface area (Å²) in [6.07, 6.45) is 0.927. The molecule has 0 radical (unpaired) electrons. The number of aromatic nitrogens is 2. The van der Waals surface area contributed by atoms with Gasteiger partial charge in [0.15, 0.2) is 0 Å². The van der Waals surface area contributed by atoms with Crippen molar-refractivity contribution in [3.05, 3.63) is 44.7 Å². The Morgan fingerprint density at radius 3 is 2.59 bits per heavy atom. The van der Waals surface area contributed by atoms with Crippen LogP contribution < -0.4 is 10.1 Å². The van der Waals surface area contributed by atoms with Gasteiger partial charge < -0.3 is 10.1 Å². The van der Waals surface area contributed by atoms with Gasteiger partial charge in [-0.1, -0.05) is 23.2 Å². The first kappa shape index (κ1) is 16.3. The molecule has 1 heterocycles. The standard InChI is InChI=1S/C13H12Cl2N4O3/c1-7(2)22-13-11(19(20)21)12(16-6-17-13)18-8-3-4-9(14)10(15)5-8/h3-7H,1-2H3,(H,16,17,18). The van der Waals surface area contributed by atoms with Crippen LogP contribution in [0.3, 0.4) is 0 Å². The first-order valence-electron chi connectivity index (χ1n) is 6.26. The van der Waals surface area contributed by atoms with E-state index in [1.807, 2.05) is 0 Å². The first-order valence-corrected chi connectivity index (χ1v) is 7.02. The largest absolute Gasteiger partial charge is 0.470 e. The van der Waals surface area contributed by atoms with Crippen LogP contribution in [0.25, 0.3) is 0 Å². The molecule has 9 heteroatoms. The molecular formula is C13H12Cl2N4O3. The van der Waals surface area contributed by atoms with Gasteiger partial charge in [0.05, 0.1) is 21.1 Å². The highest BCUT2D eigenvalue weighted by molar-refractivity contribution is 6.42. The van der Waals surface area contributed by atoms with Gasteiger partial charge in [-0.05, 0) is 32.0 Å². The Morgan fingerprint density at radius 2 is 2.00 bits per heavy atom. The number of nitrogens with zero attached hydrogens (tertiary/aromatic N) is 3. The number of anilines is 2. The molecule has 0 amide bonds. The van der Waals surface area contributed by atoms with E-state index in [0.29, 0.717) is 15.7 Å². The fourth-order valence-corrected chi connectivity index (χ4v) is 1.94. The number of hydrogen-bond donors (Lipinski definition) is 1. The molecule has 1 aromatic carbocycles. The Hall–Kier alpha value is -2.12. The van der Waals surface area contributed by atoms with Gasteiger partial charge >= 0.3 is 5.69 Å². The predicted octanol–water partition coefficient (Wildman–Crippen LogP) is 4.22. The maximum absolute atomic E-state index is 11.3. The predicted molar refractivity (Wildman–Crippen MR) is 84.2 cm³/mol. The van der Waals surface area contributed by atoms with Gasteiger partial charge in [0.1, 0.15) is 6.33 Å². The summed E-state index contributed by atoms with van der Waals surface area (Å²) >= 11 is 11.8. The van der Waals surface area contributed by atoms with Gasteiger partial charge in [0, 0.05) is 5.69 Å². The maximum Gasteiger partial charge on any atom is 0.373 e. The minimum Gasteiger partial charge on any atom is -0.470 e. The van der Waals surface area contributed by atoms with Crippen LogP contribution in [0.2, 0.25) is 10.0 Å². The van der Waals surface area contributed by atoms with Crippen LogP contribution in [0.1, 0.15) is 13.8 Å². The van der Waals surface area contributed by atoms with Crippen LogP contribution in [-0.4, -0.2) is 21.0 Å². The Balaban J connectivity index is 2.41. The van der Waals surface area contributed by atoms with Crippen LogP contribution in [0, 0.1) is 10.1 Å². The third-order valence-corrected chi connectivity index (χ3v) is 3.24. The van der Waals surface area contributed by atoms with Crippen LogP contribution in [0.5, 0.6) is 5.88 Å². The van der Waals surface area contributed by atoms with E-state index >= 15 is 0 Å². The Kier molecular flexibility index (Phi) is 4.99. The number of ether oxygens (including phenoxy) is 1. The van der Waals surface area contributed by atoms with Crippen molar-refractivity contribution in [2.75, 3.05) is 5.32 Å². The monoisotopic (exact) mass is 342 g/mol. The molecule has 0 saturated heterocycles. The van der Waals surface area contributed by atoms with E-state index in [-0.39, 0.29) is 23.5 Å². The van der Waals surface area contributed by atoms with Crippen LogP contribution in [-0.2, 0) is 0 Å². The summed E-state index contributed by atoms with van der Waals surface area (Å²) in [5.41, 5.74) is 0.161. The summed E-state index contributed by atoms with van der Waals surface area (Å²) in [5.74, 6) is -0.0911. The van der Waals surface area contributed by atoms with Gasteiger partial charge in [-0.2, -0.15) is 4.98 Å². The minimum absolute atomic E-state index is 0.00837. The van der Waals surface area contributed by atoms with Crippen molar-refractivity contribution in [2.24, 2.45) is 0 Å². The fraction of sp³-hybridized carbons (Fsp3) is 0.231. The molecule has 0 saturated carbocycles. The van der Waals surface area contributed by atoms with Gasteiger partial charge in [-0.15, -0.1) is 0 Å². The topological polar surface area (TPSA) is 90.2 Å².